The SMILES string of the molecule is CC(CC(=O)O)C1CCCN(C(=O)c2ccsc2)C1. The first-order valence-electron chi connectivity index (χ1n) is 6.61. The van der Waals surface area contributed by atoms with E-state index in [-0.39, 0.29) is 18.2 Å². The van der Waals surface area contributed by atoms with Crippen LogP contribution < -0.4 is 0 Å². The van der Waals surface area contributed by atoms with E-state index < -0.39 is 5.97 Å². The lowest BCUT2D eigenvalue weighted by molar-refractivity contribution is -0.138. The van der Waals surface area contributed by atoms with Crippen molar-refractivity contribution < 1.29 is 14.7 Å². The minimum absolute atomic E-state index is 0.0773. The first-order chi connectivity index (χ1) is 9.08. The van der Waals surface area contributed by atoms with Gasteiger partial charge in [-0.05, 0) is 36.1 Å². The summed E-state index contributed by atoms with van der Waals surface area (Å²) >= 11 is 1.52. The van der Waals surface area contributed by atoms with Crippen LogP contribution in [0.2, 0.25) is 0 Å². The highest BCUT2D eigenvalue weighted by Crippen LogP contribution is 2.27. The number of carbonyl (C=O) groups is 2. The van der Waals surface area contributed by atoms with E-state index in [1.165, 1.54) is 11.3 Å². The normalized spacial score (nSPS) is 21.1. The molecule has 104 valence electrons. The summed E-state index contributed by atoms with van der Waals surface area (Å²) in [6, 6.07) is 1.84. The summed E-state index contributed by atoms with van der Waals surface area (Å²) in [4.78, 5) is 24.9. The lowest BCUT2D eigenvalue weighted by atomic mass is 9.84. The first-order valence-corrected chi connectivity index (χ1v) is 7.55. The molecule has 4 nitrogen and oxygen atoms in total. The Morgan fingerprint density at radius 2 is 2.37 bits per heavy atom. The van der Waals surface area contributed by atoms with Crippen molar-refractivity contribution in [3.05, 3.63) is 22.4 Å². The Kier molecular flexibility index (Phi) is 4.58. The van der Waals surface area contributed by atoms with Crippen LogP contribution in [0.4, 0.5) is 0 Å². The number of piperidine rings is 1. The summed E-state index contributed by atoms with van der Waals surface area (Å²) in [6.45, 7) is 3.44. The second-order valence-corrected chi connectivity index (χ2v) is 6.02. The zero-order valence-corrected chi connectivity index (χ0v) is 11.9. The molecule has 19 heavy (non-hydrogen) atoms. The summed E-state index contributed by atoms with van der Waals surface area (Å²) < 4.78 is 0. The molecule has 1 aromatic heterocycles. The van der Waals surface area contributed by atoms with Gasteiger partial charge in [0.25, 0.3) is 5.91 Å². The molecule has 0 radical (unpaired) electrons. The maximum Gasteiger partial charge on any atom is 0.303 e. The van der Waals surface area contributed by atoms with E-state index in [4.69, 9.17) is 5.11 Å². The molecule has 1 amide bonds. The largest absolute Gasteiger partial charge is 0.481 e. The third-order valence-corrected chi connectivity index (χ3v) is 4.50. The maximum atomic E-state index is 12.3. The second kappa shape index (κ2) is 6.19. The van der Waals surface area contributed by atoms with Crippen molar-refractivity contribution in [3.63, 3.8) is 0 Å². The number of carbonyl (C=O) groups excluding carboxylic acids is 1. The molecular weight excluding hydrogens is 262 g/mol. The van der Waals surface area contributed by atoms with E-state index in [1.54, 1.807) is 0 Å². The van der Waals surface area contributed by atoms with Gasteiger partial charge in [-0.15, -0.1) is 0 Å². The van der Waals surface area contributed by atoms with Crippen LogP contribution in [0, 0.1) is 11.8 Å². The summed E-state index contributed by atoms with van der Waals surface area (Å²) in [5.41, 5.74) is 0.747. The number of amides is 1. The van der Waals surface area contributed by atoms with E-state index in [0.717, 1.165) is 24.9 Å². The molecule has 2 atom stereocenters. The number of carboxylic acid groups (broad SMARTS) is 1. The van der Waals surface area contributed by atoms with E-state index >= 15 is 0 Å². The third kappa shape index (κ3) is 3.56. The molecule has 1 aliphatic rings. The molecule has 1 fully saturated rings. The highest BCUT2D eigenvalue weighted by Gasteiger charge is 2.28. The standard InChI is InChI=1S/C14H19NO3S/c1-10(7-13(16)17)11-3-2-5-15(8-11)14(18)12-4-6-19-9-12/h4,6,9-11H,2-3,5,7-8H2,1H3,(H,16,17). The fourth-order valence-corrected chi connectivity index (χ4v) is 3.30. The average molecular weight is 281 g/mol. The molecule has 0 spiro atoms. The van der Waals surface area contributed by atoms with Crippen LogP contribution in [-0.4, -0.2) is 35.0 Å². The fourth-order valence-electron chi connectivity index (χ4n) is 2.67. The van der Waals surface area contributed by atoms with Gasteiger partial charge < -0.3 is 10.0 Å². The smallest absolute Gasteiger partial charge is 0.303 e. The number of rotatable bonds is 4. The molecule has 0 aliphatic carbocycles. The number of hydrogen-bond acceptors (Lipinski definition) is 3. The van der Waals surface area contributed by atoms with Crippen LogP contribution in [0.5, 0.6) is 0 Å². The molecule has 1 N–H and O–H groups in total. The van der Waals surface area contributed by atoms with Crippen molar-refractivity contribution in [2.75, 3.05) is 13.1 Å². The van der Waals surface area contributed by atoms with Crippen LogP contribution in [0.25, 0.3) is 0 Å². The van der Waals surface area contributed by atoms with Gasteiger partial charge in [0.15, 0.2) is 0 Å². The van der Waals surface area contributed by atoms with Crippen molar-refractivity contribution in [2.45, 2.75) is 26.2 Å². The Hall–Kier alpha value is -1.36. The molecule has 1 aliphatic heterocycles. The number of aliphatic carboxylic acids is 1. The summed E-state index contributed by atoms with van der Waals surface area (Å²) in [6.07, 6.45) is 2.16. The zero-order valence-electron chi connectivity index (χ0n) is 11.0. The number of likely N-dealkylation sites (tertiary alicyclic amines) is 1. The Morgan fingerprint density at radius 3 is 3.00 bits per heavy atom. The number of thiophene rings is 1. The predicted molar refractivity (Wildman–Crippen MR) is 74.4 cm³/mol. The quantitative estimate of drug-likeness (QED) is 0.923. The van der Waals surface area contributed by atoms with Crippen LogP contribution in [-0.2, 0) is 4.79 Å². The van der Waals surface area contributed by atoms with Gasteiger partial charge in [-0.1, -0.05) is 6.92 Å². The molecule has 1 aromatic rings. The van der Waals surface area contributed by atoms with Crippen molar-refractivity contribution in [1.29, 1.82) is 0 Å². The monoisotopic (exact) mass is 281 g/mol. The maximum absolute atomic E-state index is 12.3. The highest BCUT2D eigenvalue weighted by atomic mass is 32.1. The Bertz CT molecular complexity index is 444. The highest BCUT2D eigenvalue weighted by molar-refractivity contribution is 7.08. The van der Waals surface area contributed by atoms with Crippen molar-refractivity contribution in [3.8, 4) is 0 Å². The second-order valence-electron chi connectivity index (χ2n) is 5.24. The summed E-state index contributed by atoms with van der Waals surface area (Å²) in [5, 5.41) is 12.6. The molecule has 2 unspecified atom stereocenters. The van der Waals surface area contributed by atoms with Crippen LogP contribution >= 0.6 is 11.3 Å². The fraction of sp³-hybridized carbons (Fsp3) is 0.571. The first kappa shape index (κ1) is 14.1. The van der Waals surface area contributed by atoms with Gasteiger partial charge >= 0.3 is 5.97 Å². The zero-order chi connectivity index (χ0) is 13.8. The van der Waals surface area contributed by atoms with E-state index in [9.17, 15) is 9.59 Å². The predicted octanol–water partition coefficient (Wildman–Crippen LogP) is 2.71. The minimum Gasteiger partial charge on any atom is -0.481 e. The van der Waals surface area contributed by atoms with Crippen LogP contribution in [0.3, 0.4) is 0 Å². The molecule has 5 heteroatoms. The number of nitrogens with zero attached hydrogens (tertiary/aromatic N) is 1. The molecule has 0 aromatic carbocycles. The van der Waals surface area contributed by atoms with Crippen molar-refractivity contribution in [2.24, 2.45) is 11.8 Å². The number of carboxylic acids is 1. The molecule has 0 bridgehead atoms. The molecule has 0 saturated carbocycles. The molecule has 2 rings (SSSR count). The molecule has 2 heterocycles. The van der Waals surface area contributed by atoms with Crippen molar-refractivity contribution >= 4 is 23.2 Å². The Labute approximate surface area is 117 Å². The Balaban J connectivity index is 1.97. The summed E-state index contributed by atoms with van der Waals surface area (Å²) in [7, 11) is 0. The van der Waals surface area contributed by atoms with Gasteiger partial charge in [-0.2, -0.15) is 11.3 Å². The number of hydrogen-bond donors (Lipinski definition) is 1. The lowest BCUT2D eigenvalue weighted by Crippen LogP contribution is -2.41. The molecule has 1 saturated heterocycles. The Morgan fingerprint density at radius 1 is 1.58 bits per heavy atom. The topological polar surface area (TPSA) is 57.6 Å². The van der Waals surface area contributed by atoms with Crippen LogP contribution in [0.1, 0.15) is 36.5 Å². The van der Waals surface area contributed by atoms with Gasteiger partial charge in [0.1, 0.15) is 0 Å². The van der Waals surface area contributed by atoms with E-state index in [2.05, 4.69) is 0 Å². The van der Waals surface area contributed by atoms with Gasteiger partial charge in [0, 0.05) is 24.9 Å². The summed E-state index contributed by atoms with van der Waals surface area (Å²) in [5.74, 6) is -0.259. The van der Waals surface area contributed by atoms with E-state index in [0.29, 0.717) is 12.5 Å². The average Bonchev–Trinajstić information content (AvgIpc) is 2.91. The van der Waals surface area contributed by atoms with Gasteiger partial charge in [-0.3, -0.25) is 9.59 Å². The van der Waals surface area contributed by atoms with Gasteiger partial charge in [0.05, 0.1) is 5.56 Å². The van der Waals surface area contributed by atoms with Gasteiger partial charge in [-0.25, -0.2) is 0 Å². The third-order valence-electron chi connectivity index (χ3n) is 3.81. The molecular formula is C14H19NO3S. The van der Waals surface area contributed by atoms with E-state index in [1.807, 2.05) is 28.7 Å². The van der Waals surface area contributed by atoms with Crippen LogP contribution in [0.15, 0.2) is 16.8 Å². The van der Waals surface area contributed by atoms with Crippen molar-refractivity contribution in [1.82, 2.24) is 4.90 Å². The lowest BCUT2D eigenvalue weighted by Gasteiger charge is -2.35. The van der Waals surface area contributed by atoms with Gasteiger partial charge in [0.2, 0.25) is 0 Å². The minimum atomic E-state index is -0.756.